The van der Waals surface area contributed by atoms with E-state index in [4.69, 9.17) is 10.6 Å². The van der Waals surface area contributed by atoms with Crippen molar-refractivity contribution in [1.82, 2.24) is 10.4 Å². The Balaban J connectivity index is 2.50. The van der Waals surface area contributed by atoms with Gasteiger partial charge in [-0.2, -0.15) is 0 Å². The molecule has 3 N–H and O–H groups in total. The van der Waals surface area contributed by atoms with Crippen molar-refractivity contribution in [3.63, 3.8) is 0 Å². The van der Waals surface area contributed by atoms with Crippen LogP contribution in [-0.4, -0.2) is 12.1 Å². The Bertz CT molecular complexity index is 549. The average Bonchev–Trinajstić information content (AvgIpc) is 2.43. The van der Waals surface area contributed by atoms with E-state index >= 15 is 0 Å². The fourth-order valence-electron chi connectivity index (χ4n) is 2.33. The minimum absolute atomic E-state index is 0.0937. The molecule has 100 valence electrons. The topological polar surface area (TPSA) is 60.2 Å². The SMILES string of the molecule is COc1cncc(C(NN)c2c(C)cccc2C)c1. The van der Waals surface area contributed by atoms with Gasteiger partial charge >= 0.3 is 0 Å². The van der Waals surface area contributed by atoms with Gasteiger partial charge in [-0.05, 0) is 42.2 Å². The van der Waals surface area contributed by atoms with Crippen molar-refractivity contribution in [3.05, 3.63) is 58.9 Å². The summed E-state index contributed by atoms with van der Waals surface area (Å²) in [6, 6.07) is 8.07. The van der Waals surface area contributed by atoms with Gasteiger partial charge in [0.05, 0.1) is 19.3 Å². The quantitative estimate of drug-likeness (QED) is 0.651. The van der Waals surface area contributed by atoms with E-state index in [0.717, 1.165) is 11.3 Å². The first kappa shape index (κ1) is 13.5. The number of ether oxygens (including phenoxy) is 1. The van der Waals surface area contributed by atoms with E-state index in [2.05, 4.69) is 36.4 Å². The van der Waals surface area contributed by atoms with Gasteiger partial charge < -0.3 is 4.74 Å². The lowest BCUT2D eigenvalue weighted by Gasteiger charge is -2.21. The normalized spacial score (nSPS) is 12.2. The molecule has 1 atom stereocenters. The molecule has 1 aromatic heterocycles. The number of pyridine rings is 1. The Morgan fingerprint density at radius 2 is 1.89 bits per heavy atom. The Hall–Kier alpha value is -1.91. The number of aryl methyl sites for hydroxylation is 2. The summed E-state index contributed by atoms with van der Waals surface area (Å²) in [5.74, 6) is 6.47. The molecule has 0 aliphatic heterocycles. The molecule has 1 heterocycles. The summed E-state index contributed by atoms with van der Waals surface area (Å²) in [5, 5.41) is 0. The number of benzene rings is 1. The van der Waals surface area contributed by atoms with Crippen LogP contribution in [0.25, 0.3) is 0 Å². The largest absolute Gasteiger partial charge is 0.495 e. The predicted molar refractivity (Wildman–Crippen MR) is 75.9 cm³/mol. The summed E-state index contributed by atoms with van der Waals surface area (Å²) in [7, 11) is 1.63. The molecule has 0 fully saturated rings. The van der Waals surface area contributed by atoms with Gasteiger partial charge in [-0.15, -0.1) is 0 Å². The number of rotatable bonds is 4. The smallest absolute Gasteiger partial charge is 0.137 e. The van der Waals surface area contributed by atoms with Gasteiger partial charge in [-0.3, -0.25) is 10.8 Å². The number of methoxy groups -OCH3 is 1. The van der Waals surface area contributed by atoms with E-state index in [1.165, 1.54) is 16.7 Å². The Kier molecular flexibility index (Phi) is 4.14. The maximum atomic E-state index is 5.75. The van der Waals surface area contributed by atoms with E-state index in [1.54, 1.807) is 19.5 Å². The molecule has 2 aromatic rings. The molecule has 2 rings (SSSR count). The van der Waals surface area contributed by atoms with Gasteiger partial charge in [0.15, 0.2) is 0 Å². The standard InChI is InChI=1S/C15H19N3O/c1-10-5-4-6-11(2)14(10)15(18-16)12-7-13(19-3)9-17-8-12/h4-9,15,18H,16H2,1-3H3. The lowest BCUT2D eigenvalue weighted by molar-refractivity contribution is 0.411. The lowest BCUT2D eigenvalue weighted by atomic mass is 9.92. The van der Waals surface area contributed by atoms with Crippen molar-refractivity contribution in [2.45, 2.75) is 19.9 Å². The van der Waals surface area contributed by atoms with E-state index in [0.29, 0.717) is 0 Å². The minimum atomic E-state index is -0.0937. The number of nitrogens with zero attached hydrogens (tertiary/aromatic N) is 1. The second-order valence-electron chi connectivity index (χ2n) is 4.56. The van der Waals surface area contributed by atoms with Crippen LogP contribution >= 0.6 is 0 Å². The molecule has 4 nitrogen and oxygen atoms in total. The highest BCUT2D eigenvalue weighted by Crippen LogP contribution is 2.28. The van der Waals surface area contributed by atoms with Gasteiger partial charge in [-0.25, -0.2) is 5.43 Å². The third kappa shape index (κ3) is 2.75. The van der Waals surface area contributed by atoms with Gasteiger partial charge in [0.2, 0.25) is 0 Å². The Morgan fingerprint density at radius 1 is 1.21 bits per heavy atom. The van der Waals surface area contributed by atoms with Crippen LogP contribution < -0.4 is 16.0 Å². The summed E-state index contributed by atoms with van der Waals surface area (Å²) >= 11 is 0. The number of nitrogens with one attached hydrogen (secondary N) is 1. The van der Waals surface area contributed by atoms with E-state index < -0.39 is 0 Å². The molecule has 0 radical (unpaired) electrons. The Morgan fingerprint density at radius 3 is 2.47 bits per heavy atom. The van der Waals surface area contributed by atoms with Crippen molar-refractivity contribution in [2.75, 3.05) is 7.11 Å². The molecule has 0 spiro atoms. The zero-order valence-electron chi connectivity index (χ0n) is 11.5. The third-order valence-corrected chi connectivity index (χ3v) is 3.30. The molecule has 1 aromatic carbocycles. The second kappa shape index (κ2) is 5.82. The summed E-state index contributed by atoms with van der Waals surface area (Å²) in [5.41, 5.74) is 7.44. The van der Waals surface area contributed by atoms with Crippen LogP contribution in [0, 0.1) is 13.8 Å². The molecule has 0 aliphatic rings. The van der Waals surface area contributed by atoms with Crippen LogP contribution in [-0.2, 0) is 0 Å². The zero-order valence-corrected chi connectivity index (χ0v) is 11.5. The molecule has 0 saturated carbocycles. The third-order valence-electron chi connectivity index (χ3n) is 3.30. The molecular weight excluding hydrogens is 238 g/mol. The van der Waals surface area contributed by atoms with Crippen molar-refractivity contribution in [1.29, 1.82) is 0 Å². The summed E-state index contributed by atoms with van der Waals surface area (Å²) in [6.07, 6.45) is 3.49. The lowest BCUT2D eigenvalue weighted by Crippen LogP contribution is -2.30. The van der Waals surface area contributed by atoms with Crippen molar-refractivity contribution >= 4 is 0 Å². The van der Waals surface area contributed by atoms with Crippen LogP contribution in [0.2, 0.25) is 0 Å². The number of hydrogen-bond acceptors (Lipinski definition) is 4. The first-order valence-electron chi connectivity index (χ1n) is 6.18. The van der Waals surface area contributed by atoms with Crippen LogP contribution in [0.1, 0.15) is 28.3 Å². The fraction of sp³-hybridized carbons (Fsp3) is 0.267. The monoisotopic (exact) mass is 257 g/mol. The summed E-state index contributed by atoms with van der Waals surface area (Å²) in [4.78, 5) is 4.19. The molecule has 4 heteroatoms. The highest BCUT2D eigenvalue weighted by molar-refractivity contribution is 5.42. The van der Waals surface area contributed by atoms with E-state index in [-0.39, 0.29) is 6.04 Å². The maximum Gasteiger partial charge on any atom is 0.137 e. The molecule has 1 unspecified atom stereocenters. The van der Waals surface area contributed by atoms with E-state index in [1.807, 2.05) is 12.1 Å². The molecule has 0 amide bonds. The highest BCUT2D eigenvalue weighted by Gasteiger charge is 2.17. The zero-order chi connectivity index (χ0) is 13.8. The fourth-order valence-corrected chi connectivity index (χ4v) is 2.33. The average molecular weight is 257 g/mol. The molecule has 0 saturated heterocycles. The van der Waals surface area contributed by atoms with Gasteiger partial charge in [0.25, 0.3) is 0 Å². The summed E-state index contributed by atoms with van der Waals surface area (Å²) in [6.45, 7) is 4.17. The molecular formula is C15H19N3O. The summed E-state index contributed by atoms with van der Waals surface area (Å²) < 4.78 is 5.21. The highest BCUT2D eigenvalue weighted by atomic mass is 16.5. The van der Waals surface area contributed by atoms with Gasteiger partial charge in [-0.1, -0.05) is 18.2 Å². The van der Waals surface area contributed by atoms with Crippen molar-refractivity contribution in [3.8, 4) is 5.75 Å². The Labute approximate surface area is 113 Å². The predicted octanol–water partition coefficient (Wildman–Crippen LogP) is 2.26. The van der Waals surface area contributed by atoms with Crippen LogP contribution in [0.4, 0.5) is 0 Å². The molecule has 0 aliphatic carbocycles. The molecule has 19 heavy (non-hydrogen) atoms. The van der Waals surface area contributed by atoms with Crippen molar-refractivity contribution in [2.24, 2.45) is 5.84 Å². The van der Waals surface area contributed by atoms with Gasteiger partial charge in [0, 0.05) is 6.20 Å². The number of nitrogens with two attached hydrogens (primary N) is 1. The van der Waals surface area contributed by atoms with Crippen molar-refractivity contribution < 1.29 is 4.74 Å². The first-order valence-corrected chi connectivity index (χ1v) is 6.18. The minimum Gasteiger partial charge on any atom is -0.495 e. The second-order valence-corrected chi connectivity index (χ2v) is 4.56. The van der Waals surface area contributed by atoms with Crippen LogP contribution in [0.3, 0.4) is 0 Å². The number of aromatic nitrogens is 1. The number of hydrazine groups is 1. The first-order chi connectivity index (χ1) is 9.17. The molecule has 0 bridgehead atoms. The van der Waals surface area contributed by atoms with Gasteiger partial charge in [0.1, 0.15) is 5.75 Å². The van der Waals surface area contributed by atoms with Crippen LogP contribution in [0.5, 0.6) is 5.75 Å². The van der Waals surface area contributed by atoms with E-state index in [9.17, 15) is 0 Å². The maximum absolute atomic E-state index is 5.75. The number of hydrogen-bond donors (Lipinski definition) is 2. The van der Waals surface area contributed by atoms with Crippen LogP contribution in [0.15, 0.2) is 36.7 Å².